The Labute approximate surface area is 180 Å². The van der Waals surface area contributed by atoms with E-state index in [1.807, 2.05) is 0 Å². The van der Waals surface area contributed by atoms with Crippen LogP contribution in [0.25, 0.3) is 0 Å². The van der Waals surface area contributed by atoms with E-state index in [2.05, 4.69) is 10.3 Å². The normalized spacial score (nSPS) is 14.9. The lowest BCUT2D eigenvalue weighted by atomic mass is 10.1. The number of esters is 1. The molecule has 1 aromatic heterocycles. The number of hydrogen-bond acceptors (Lipinski definition) is 6. The number of rotatable bonds is 6. The Morgan fingerprint density at radius 3 is 2.57 bits per heavy atom. The number of amides is 1. The molecule has 1 aromatic carbocycles. The molecule has 1 aliphatic rings. The van der Waals surface area contributed by atoms with E-state index in [9.17, 15) is 18.0 Å². The molecule has 1 saturated heterocycles. The van der Waals surface area contributed by atoms with Crippen LogP contribution in [0.3, 0.4) is 0 Å². The van der Waals surface area contributed by atoms with Gasteiger partial charge in [-0.2, -0.15) is 4.31 Å². The van der Waals surface area contributed by atoms with Gasteiger partial charge in [0.25, 0.3) is 5.91 Å². The minimum Gasteiger partial charge on any atom is -0.452 e. The number of sulfonamides is 1. The van der Waals surface area contributed by atoms with Crippen molar-refractivity contribution in [3.63, 3.8) is 0 Å². The first-order valence-electron chi connectivity index (χ1n) is 9.47. The SMILES string of the molecule is Cc1ccc(S(=O)(=O)N2CCCCC2)cc1C(=O)OCC(=O)Nc1ccc(Cl)cn1. The summed E-state index contributed by atoms with van der Waals surface area (Å²) in [5, 5.41) is 2.91. The number of aromatic nitrogens is 1. The lowest BCUT2D eigenvalue weighted by Crippen LogP contribution is -2.35. The summed E-state index contributed by atoms with van der Waals surface area (Å²) in [6, 6.07) is 7.43. The van der Waals surface area contributed by atoms with Crippen molar-refractivity contribution in [1.29, 1.82) is 0 Å². The maximum atomic E-state index is 12.9. The fourth-order valence-corrected chi connectivity index (χ4v) is 4.73. The van der Waals surface area contributed by atoms with Gasteiger partial charge >= 0.3 is 5.97 Å². The van der Waals surface area contributed by atoms with Gasteiger partial charge in [-0.15, -0.1) is 0 Å². The van der Waals surface area contributed by atoms with Gasteiger partial charge in [0.15, 0.2) is 6.61 Å². The molecule has 10 heteroatoms. The average Bonchev–Trinajstić information content (AvgIpc) is 2.74. The van der Waals surface area contributed by atoms with Crippen LogP contribution in [0.5, 0.6) is 0 Å². The third kappa shape index (κ3) is 5.35. The zero-order chi connectivity index (χ0) is 21.7. The summed E-state index contributed by atoms with van der Waals surface area (Å²) in [5.74, 6) is -1.08. The van der Waals surface area contributed by atoms with Gasteiger partial charge in [0.05, 0.1) is 15.5 Å². The number of carbonyl (C=O) groups excluding carboxylic acids is 2. The summed E-state index contributed by atoms with van der Waals surface area (Å²) < 4.78 is 32.2. The van der Waals surface area contributed by atoms with Crippen molar-refractivity contribution in [3.8, 4) is 0 Å². The van der Waals surface area contributed by atoms with Crippen LogP contribution in [0.15, 0.2) is 41.4 Å². The third-order valence-electron chi connectivity index (χ3n) is 4.71. The maximum absolute atomic E-state index is 12.9. The Morgan fingerprint density at radius 1 is 1.17 bits per heavy atom. The first-order chi connectivity index (χ1) is 14.3. The summed E-state index contributed by atoms with van der Waals surface area (Å²) in [6.45, 7) is 2.07. The molecular formula is C20H22ClN3O5S. The highest BCUT2D eigenvalue weighted by Crippen LogP contribution is 2.23. The summed E-state index contributed by atoms with van der Waals surface area (Å²) in [7, 11) is -3.68. The largest absolute Gasteiger partial charge is 0.452 e. The Kier molecular flexibility index (Phi) is 7.06. The first kappa shape index (κ1) is 22.2. The van der Waals surface area contributed by atoms with Gasteiger partial charge < -0.3 is 10.1 Å². The van der Waals surface area contributed by atoms with Crippen molar-refractivity contribution >= 4 is 39.3 Å². The van der Waals surface area contributed by atoms with Gasteiger partial charge in [-0.1, -0.05) is 24.1 Å². The number of benzene rings is 1. The number of hydrogen-bond donors (Lipinski definition) is 1. The monoisotopic (exact) mass is 451 g/mol. The number of pyridine rings is 1. The molecule has 0 radical (unpaired) electrons. The predicted molar refractivity (Wildman–Crippen MR) is 112 cm³/mol. The van der Waals surface area contributed by atoms with E-state index in [1.54, 1.807) is 19.1 Å². The van der Waals surface area contributed by atoms with E-state index in [0.717, 1.165) is 19.3 Å². The highest BCUT2D eigenvalue weighted by atomic mass is 35.5. The van der Waals surface area contributed by atoms with Crippen LogP contribution in [0.2, 0.25) is 5.02 Å². The van der Waals surface area contributed by atoms with Crippen molar-refractivity contribution in [3.05, 3.63) is 52.7 Å². The van der Waals surface area contributed by atoms with Gasteiger partial charge in [-0.05, 0) is 49.6 Å². The van der Waals surface area contributed by atoms with Gasteiger partial charge in [0, 0.05) is 19.3 Å². The van der Waals surface area contributed by atoms with Gasteiger partial charge in [0.2, 0.25) is 10.0 Å². The minimum atomic E-state index is -3.68. The molecule has 30 heavy (non-hydrogen) atoms. The number of anilines is 1. The molecule has 8 nitrogen and oxygen atoms in total. The number of ether oxygens (including phenoxy) is 1. The number of nitrogens with one attached hydrogen (secondary N) is 1. The Hall–Kier alpha value is -2.49. The predicted octanol–water partition coefficient (Wildman–Crippen LogP) is 3.01. The van der Waals surface area contributed by atoms with Crippen LogP contribution < -0.4 is 5.32 Å². The Balaban J connectivity index is 1.67. The number of halogens is 1. The van der Waals surface area contributed by atoms with E-state index in [1.165, 1.54) is 28.7 Å². The first-order valence-corrected chi connectivity index (χ1v) is 11.3. The third-order valence-corrected chi connectivity index (χ3v) is 6.83. The molecule has 0 unspecified atom stereocenters. The van der Waals surface area contributed by atoms with E-state index >= 15 is 0 Å². The van der Waals surface area contributed by atoms with Crippen molar-refractivity contribution in [1.82, 2.24) is 9.29 Å². The molecule has 1 N–H and O–H groups in total. The van der Waals surface area contributed by atoms with Crippen molar-refractivity contribution < 1.29 is 22.7 Å². The van der Waals surface area contributed by atoms with E-state index < -0.39 is 28.5 Å². The van der Waals surface area contributed by atoms with Gasteiger partial charge in [-0.25, -0.2) is 18.2 Å². The molecule has 160 valence electrons. The number of aryl methyl sites for hydroxylation is 1. The van der Waals surface area contributed by atoms with Crippen LogP contribution in [0, 0.1) is 6.92 Å². The molecule has 2 heterocycles. The topological polar surface area (TPSA) is 106 Å². The molecule has 0 atom stereocenters. The van der Waals surface area contributed by atoms with Gasteiger partial charge in [0.1, 0.15) is 5.82 Å². The lowest BCUT2D eigenvalue weighted by Gasteiger charge is -2.26. The molecule has 3 rings (SSSR count). The van der Waals surface area contributed by atoms with Crippen LogP contribution >= 0.6 is 11.6 Å². The Bertz CT molecular complexity index is 1030. The summed E-state index contributed by atoms with van der Waals surface area (Å²) in [6.07, 6.45) is 4.01. The van der Waals surface area contributed by atoms with Crippen molar-refractivity contribution in [2.45, 2.75) is 31.1 Å². The zero-order valence-corrected chi connectivity index (χ0v) is 18.0. The number of nitrogens with zero attached hydrogens (tertiary/aromatic N) is 2. The molecular weight excluding hydrogens is 430 g/mol. The van der Waals surface area contributed by atoms with E-state index in [0.29, 0.717) is 23.7 Å². The second-order valence-electron chi connectivity index (χ2n) is 6.93. The van der Waals surface area contributed by atoms with Crippen LogP contribution in [-0.4, -0.2) is 49.3 Å². The smallest absolute Gasteiger partial charge is 0.338 e. The van der Waals surface area contributed by atoms with Crippen molar-refractivity contribution in [2.24, 2.45) is 0 Å². The highest BCUT2D eigenvalue weighted by molar-refractivity contribution is 7.89. The molecule has 0 spiro atoms. The average molecular weight is 452 g/mol. The molecule has 0 aliphatic carbocycles. The molecule has 2 aromatic rings. The number of carbonyl (C=O) groups is 2. The second-order valence-corrected chi connectivity index (χ2v) is 9.30. The summed E-state index contributed by atoms with van der Waals surface area (Å²) >= 11 is 5.74. The van der Waals surface area contributed by atoms with Crippen LogP contribution in [0.1, 0.15) is 35.2 Å². The summed E-state index contributed by atoms with van der Waals surface area (Å²) in [4.78, 5) is 28.4. The number of piperidine rings is 1. The fraction of sp³-hybridized carbons (Fsp3) is 0.350. The molecule has 1 aliphatic heterocycles. The minimum absolute atomic E-state index is 0.0387. The fourth-order valence-electron chi connectivity index (χ4n) is 3.07. The molecule has 0 bridgehead atoms. The quantitative estimate of drug-likeness (QED) is 0.677. The standard InChI is InChI=1S/C20H22ClN3O5S/c1-14-5-7-16(30(27,28)24-9-3-2-4-10-24)11-17(14)20(26)29-13-19(25)23-18-8-6-15(21)12-22-18/h5-8,11-12H,2-4,9-10,13H2,1H3,(H,22,23,25). The zero-order valence-electron chi connectivity index (χ0n) is 16.4. The molecule has 0 saturated carbocycles. The second kappa shape index (κ2) is 9.55. The lowest BCUT2D eigenvalue weighted by molar-refractivity contribution is -0.119. The Morgan fingerprint density at radius 2 is 1.90 bits per heavy atom. The maximum Gasteiger partial charge on any atom is 0.338 e. The van der Waals surface area contributed by atoms with Gasteiger partial charge in [-0.3, -0.25) is 4.79 Å². The van der Waals surface area contributed by atoms with Crippen molar-refractivity contribution in [2.75, 3.05) is 25.0 Å². The molecule has 1 amide bonds. The van der Waals surface area contributed by atoms with E-state index in [4.69, 9.17) is 16.3 Å². The molecule has 1 fully saturated rings. The van der Waals surface area contributed by atoms with E-state index in [-0.39, 0.29) is 16.3 Å². The van der Waals surface area contributed by atoms with Crippen LogP contribution in [-0.2, 0) is 19.6 Å². The summed E-state index contributed by atoms with van der Waals surface area (Å²) in [5.41, 5.74) is 0.655. The van der Waals surface area contributed by atoms with Crippen LogP contribution in [0.4, 0.5) is 5.82 Å². The highest BCUT2D eigenvalue weighted by Gasteiger charge is 2.27.